The van der Waals surface area contributed by atoms with Crippen molar-refractivity contribution in [2.24, 2.45) is 0 Å². The van der Waals surface area contributed by atoms with Gasteiger partial charge in [0.05, 0.1) is 5.69 Å². The molecule has 2 aromatic rings. The standard InChI is InChI=1S/C16H17FN2OS/c1-19(11-12-7-9-13(21-2)10-8-12)16(20)18-15-6-4-3-5-14(15)17/h3-10H,11H2,1-2H3,(H,18,20). The van der Waals surface area contributed by atoms with Crippen LogP contribution in [-0.4, -0.2) is 24.2 Å². The second-order valence-corrected chi connectivity index (χ2v) is 5.49. The molecule has 0 aliphatic heterocycles. The van der Waals surface area contributed by atoms with Crippen molar-refractivity contribution in [2.75, 3.05) is 18.6 Å². The van der Waals surface area contributed by atoms with Crippen LogP contribution in [0.1, 0.15) is 5.56 Å². The van der Waals surface area contributed by atoms with Crippen molar-refractivity contribution in [1.29, 1.82) is 0 Å². The Hall–Kier alpha value is -2.01. The molecule has 21 heavy (non-hydrogen) atoms. The maximum atomic E-state index is 13.5. The molecule has 0 aliphatic rings. The third kappa shape index (κ3) is 4.23. The predicted molar refractivity (Wildman–Crippen MR) is 85.1 cm³/mol. The first-order valence-electron chi connectivity index (χ1n) is 6.49. The molecule has 110 valence electrons. The molecule has 1 N–H and O–H groups in total. The van der Waals surface area contributed by atoms with Crippen LogP contribution in [0.2, 0.25) is 0 Å². The number of thioether (sulfide) groups is 1. The molecule has 0 saturated carbocycles. The van der Waals surface area contributed by atoms with Crippen LogP contribution in [0.15, 0.2) is 53.4 Å². The van der Waals surface area contributed by atoms with Gasteiger partial charge in [-0.1, -0.05) is 24.3 Å². The SMILES string of the molecule is CSc1ccc(CN(C)C(=O)Nc2ccccc2F)cc1. The lowest BCUT2D eigenvalue weighted by Crippen LogP contribution is -2.31. The molecule has 5 heteroatoms. The van der Waals surface area contributed by atoms with Gasteiger partial charge >= 0.3 is 6.03 Å². The molecule has 2 aromatic carbocycles. The first-order chi connectivity index (χ1) is 10.1. The average molecular weight is 304 g/mol. The van der Waals surface area contributed by atoms with E-state index < -0.39 is 5.82 Å². The summed E-state index contributed by atoms with van der Waals surface area (Å²) in [4.78, 5) is 14.7. The number of urea groups is 1. The van der Waals surface area contributed by atoms with Gasteiger partial charge in [0.15, 0.2) is 0 Å². The van der Waals surface area contributed by atoms with Gasteiger partial charge in [-0.15, -0.1) is 11.8 Å². The molecule has 0 saturated heterocycles. The van der Waals surface area contributed by atoms with E-state index in [1.807, 2.05) is 30.5 Å². The molecule has 0 radical (unpaired) electrons. The minimum Gasteiger partial charge on any atom is -0.323 e. The van der Waals surface area contributed by atoms with Crippen LogP contribution in [0.5, 0.6) is 0 Å². The maximum absolute atomic E-state index is 13.5. The molecule has 0 aliphatic carbocycles. The Kier molecular flexibility index (Phi) is 5.22. The van der Waals surface area contributed by atoms with Gasteiger partial charge in [-0.05, 0) is 36.1 Å². The average Bonchev–Trinajstić information content (AvgIpc) is 2.50. The largest absolute Gasteiger partial charge is 0.323 e. The number of nitrogens with zero attached hydrogens (tertiary/aromatic N) is 1. The van der Waals surface area contributed by atoms with Crippen LogP contribution in [0.3, 0.4) is 0 Å². The second kappa shape index (κ2) is 7.13. The fourth-order valence-electron chi connectivity index (χ4n) is 1.85. The Bertz CT molecular complexity index is 616. The molecule has 0 bridgehead atoms. The monoisotopic (exact) mass is 304 g/mol. The van der Waals surface area contributed by atoms with Gasteiger partial charge in [-0.2, -0.15) is 0 Å². The summed E-state index contributed by atoms with van der Waals surface area (Å²) in [7, 11) is 1.68. The van der Waals surface area contributed by atoms with E-state index in [2.05, 4.69) is 5.32 Å². The summed E-state index contributed by atoms with van der Waals surface area (Å²) in [6.07, 6.45) is 2.02. The zero-order chi connectivity index (χ0) is 15.2. The van der Waals surface area contributed by atoms with E-state index in [9.17, 15) is 9.18 Å². The number of para-hydroxylation sites is 1. The topological polar surface area (TPSA) is 32.3 Å². The summed E-state index contributed by atoms with van der Waals surface area (Å²) < 4.78 is 13.5. The molecule has 0 fully saturated rings. The number of hydrogen-bond donors (Lipinski definition) is 1. The van der Waals surface area contributed by atoms with Crippen molar-refractivity contribution in [3.8, 4) is 0 Å². The van der Waals surface area contributed by atoms with Crippen LogP contribution in [-0.2, 0) is 6.54 Å². The van der Waals surface area contributed by atoms with Gasteiger partial charge in [0.25, 0.3) is 0 Å². The third-order valence-corrected chi connectivity index (χ3v) is 3.78. The molecule has 2 amide bonds. The summed E-state index contributed by atoms with van der Waals surface area (Å²) in [5, 5.41) is 2.56. The molecule has 0 spiro atoms. The summed E-state index contributed by atoms with van der Waals surface area (Å²) in [6.45, 7) is 0.467. The number of nitrogens with one attached hydrogen (secondary N) is 1. The van der Waals surface area contributed by atoms with Gasteiger partial charge in [0.1, 0.15) is 5.82 Å². The van der Waals surface area contributed by atoms with Crippen molar-refractivity contribution < 1.29 is 9.18 Å². The van der Waals surface area contributed by atoms with E-state index in [1.54, 1.807) is 30.9 Å². The van der Waals surface area contributed by atoms with E-state index in [-0.39, 0.29) is 11.7 Å². The Labute approximate surface area is 128 Å². The lowest BCUT2D eigenvalue weighted by atomic mass is 10.2. The lowest BCUT2D eigenvalue weighted by Gasteiger charge is -2.18. The highest BCUT2D eigenvalue weighted by Gasteiger charge is 2.11. The summed E-state index contributed by atoms with van der Waals surface area (Å²) >= 11 is 1.67. The number of halogens is 1. The minimum atomic E-state index is -0.441. The summed E-state index contributed by atoms with van der Waals surface area (Å²) in [5.41, 5.74) is 1.21. The number of amides is 2. The van der Waals surface area contributed by atoms with Crippen molar-refractivity contribution in [3.05, 3.63) is 59.9 Å². The van der Waals surface area contributed by atoms with Gasteiger partial charge in [-0.3, -0.25) is 0 Å². The highest BCUT2D eigenvalue weighted by Crippen LogP contribution is 2.16. The van der Waals surface area contributed by atoms with Crippen molar-refractivity contribution in [1.82, 2.24) is 4.90 Å². The molecule has 3 nitrogen and oxygen atoms in total. The Morgan fingerprint density at radius 3 is 2.48 bits per heavy atom. The normalized spacial score (nSPS) is 10.2. The molecule has 0 aromatic heterocycles. The molecule has 0 heterocycles. The Morgan fingerprint density at radius 1 is 1.19 bits per heavy atom. The van der Waals surface area contributed by atoms with Crippen LogP contribution < -0.4 is 5.32 Å². The van der Waals surface area contributed by atoms with Gasteiger partial charge in [0, 0.05) is 18.5 Å². The fraction of sp³-hybridized carbons (Fsp3) is 0.188. The number of benzene rings is 2. The molecular formula is C16H17FN2OS. The molecule has 2 rings (SSSR count). The van der Waals surface area contributed by atoms with Crippen LogP contribution in [0.25, 0.3) is 0 Å². The van der Waals surface area contributed by atoms with E-state index in [4.69, 9.17) is 0 Å². The molecule has 0 unspecified atom stereocenters. The highest BCUT2D eigenvalue weighted by molar-refractivity contribution is 7.98. The van der Waals surface area contributed by atoms with Crippen LogP contribution in [0.4, 0.5) is 14.9 Å². The highest BCUT2D eigenvalue weighted by atomic mass is 32.2. The number of hydrogen-bond acceptors (Lipinski definition) is 2. The quantitative estimate of drug-likeness (QED) is 0.858. The van der Waals surface area contributed by atoms with E-state index >= 15 is 0 Å². The molecule has 0 atom stereocenters. The summed E-state index contributed by atoms with van der Waals surface area (Å²) in [6, 6.07) is 13.8. The Morgan fingerprint density at radius 2 is 1.86 bits per heavy atom. The van der Waals surface area contributed by atoms with Crippen molar-refractivity contribution in [3.63, 3.8) is 0 Å². The zero-order valence-electron chi connectivity index (χ0n) is 12.0. The van der Waals surface area contributed by atoms with Crippen LogP contribution >= 0.6 is 11.8 Å². The predicted octanol–water partition coefficient (Wildman–Crippen LogP) is 4.21. The lowest BCUT2D eigenvalue weighted by molar-refractivity contribution is 0.220. The second-order valence-electron chi connectivity index (χ2n) is 4.61. The first-order valence-corrected chi connectivity index (χ1v) is 7.72. The van der Waals surface area contributed by atoms with E-state index in [0.717, 1.165) is 5.56 Å². The van der Waals surface area contributed by atoms with Crippen LogP contribution in [0, 0.1) is 5.82 Å². The number of carbonyl (C=O) groups is 1. The minimum absolute atomic E-state index is 0.187. The number of carbonyl (C=O) groups excluding carboxylic acids is 1. The Balaban J connectivity index is 1.97. The van der Waals surface area contributed by atoms with Crippen molar-refractivity contribution in [2.45, 2.75) is 11.4 Å². The fourth-order valence-corrected chi connectivity index (χ4v) is 2.26. The van der Waals surface area contributed by atoms with Gasteiger partial charge in [0.2, 0.25) is 0 Å². The smallest absolute Gasteiger partial charge is 0.321 e. The third-order valence-electron chi connectivity index (χ3n) is 3.04. The maximum Gasteiger partial charge on any atom is 0.321 e. The van der Waals surface area contributed by atoms with E-state index in [1.165, 1.54) is 21.9 Å². The molecular weight excluding hydrogens is 287 g/mol. The number of anilines is 1. The number of rotatable bonds is 4. The summed E-state index contributed by atoms with van der Waals surface area (Å²) in [5.74, 6) is -0.441. The zero-order valence-corrected chi connectivity index (χ0v) is 12.8. The first kappa shape index (κ1) is 15.4. The van der Waals surface area contributed by atoms with E-state index in [0.29, 0.717) is 6.54 Å². The van der Waals surface area contributed by atoms with Gasteiger partial charge < -0.3 is 10.2 Å². The van der Waals surface area contributed by atoms with Gasteiger partial charge in [-0.25, -0.2) is 9.18 Å². The van der Waals surface area contributed by atoms with Crippen molar-refractivity contribution >= 4 is 23.5 Å².